The highest BCUT2D eigenvalue weighted by molar-refractivity contribution is 7.09. The molecule has 1 heterocycles. The van der Waals surface area contributed by atoms with Crippen molar-refractivity contribution in [2.75, 3.05) is 0 Å². The normalized spacial score (nSPS) is 13.7. The van der Waals surface area contributed by atoms with Crippen LogP contribution in [-0.2, 0) is 28.9 Å². The summed E-state index contributed by atoms with van der Waals surface area (Å²) in [6.45, 7) is 5.49. The highest BCUT2D eigenvalue weighted by atomic mass is 32.1. The van der Waals surface area contributed by atoms with Crippen LogP contribution in [0.25, 0.3) is 0 Å². The van der Waals surface area contributed by atoms with Crippen molar-refractivity contribution in [2.45, 2.75) is 70.4 Å². The fraction of sp³-hybridized carbons (Fsp3) is 0.393. The molecule has 0 aliphatic rings. The summed E-state index contributed by atoms with van der Waals surface area (Å²) in [6.07, 6.45) is 0.559. The Labute approximate surface area is 222 Å². The molecule has 198 valence electrons. The van der Waals surface area contributed by atoms with Crippen LogP contribution in [-0.4, -0.2) is 46.1 Å². The summed E-state index contributed by atoms with van der Waals surface area (Å²) in [5.74, 6) is 0. The van der Waals surface area contributed by atoms with Gasteiger partial charge in [-0.3, -0.25) is 4.98 Å². The molecule has 8 nitrogen and oxygen atoms in total. The second-order valence-electron chi connectivity index (χ2n) is 9.82. The SMILES string of the molecule is CC(C)(C)OC(=O)N[C@@H](Cc1ccccc1)C[C@H](O)[C@H](Cc1ccccc1)NC(=O)OCc1cncs1. The average molecular weight is 526 g/mol. The first kappa shape index (κ1) is 28.1. The first-order valence-electron chi connectivity index (χ1n) is 12.2. The van der Waals surface area contributed by atoms with Gasteiger partial charge in [-0.05, 0) is 51.2 Å². The molecule has 0 unspecified atom stereocenters. The number of alkyl carbamates (subject to hydrolysis) is 2. The Morgan fingerprint density at radius 2 is 1.57 bits per heavy atom. The maximum Gasteiger partial charge on any atom is 0.407 e. The standard InChI is InChI=1S/C28H35N3O5S/c1-28(2,3)36-27(34)30-22(14-20-10-6-4-7-11-20)16-25(32)24(15-21-12-8-5-9-13-21)31-26(33)35-18-23-17-29-19-37-23/h4-13,17,19,22,24-25,32H,14-16,18H2,1-3H3,(H,30,34)(H,31,33)/t22-,24-,25-/m0/s1. The number of benzene rings is 2. The first-order chi connectivity index (χ1) is 17.7. The predicted molar refractivity (Wildman–Crippen MR) is 143 cm³/mol. The fourth-order valence-electron chi connectivity index (χ4n) is 3.82. The molecule has 9 heteroatoms. The van der Waals surface area contributed by atoms with E-state index in [1.807, 2.05) is 60.7 Å². The second-order valence-corrected chi connectivity index (χ2v) is 10.8. The summed E-state index contributed by atoms with van der Waals surface area (Å²) >= 11 is 1.39. The third-order valence-electron chi connectivity index (χ3n) is 5.47. The van der Waals surface area contributed by atoms with Crippen molar-refractivity contribution in [3.8, 4) is 0 Å². The van der Waals surface area contributed by atoms with Crippen LogP contribution in [0.1, 0.15) is 43.2 Å². The summed E-state index contributed by atoms with van der Waals surface area (Å²) in [7, 11) is 0. The second kappa shape index (κ2) is 13.8. The number of aliphatic hydroxyl groups excluding tert-OH is 1. The van der Waals surface area contributed by atoms with E-state index in [0.717, 1.165) is 16.0 Å². The van der Waals surface area contributed by atoms with Crippen LogP contribution >= 0.6 is 11.3 Å². The van der Waals surface area contributed by atoms with Gasteiger partial charge in [-0.25, -0.2) is 9.59 Å². The van der Waals surface area contributed by atoms with Gasteiger partial charge in [-0.1, -0.05) is 60.7 Å². The lowest BCUT2D eigenvalue weighted by Gasteiger charge is -2.29. The molecule has 37 heavy (non-hydrogen) atoms. The van der Waals surface area contributed by atoms with E-state index in [1.165, 1.54) is 11.3 Å². The molecule has 3 N–H and O–H groups in total. The minimum Gasteiger partial charge on any atom is -0.444 e. The number of aliphatic hydroxyl groups is 1. The molecule has 3 atom stereocenters. The number of hydrogen-bond acceptors (Lipinski definition) is 7. The van der Waals surface area contributed by atoms with Crippen LogP contribution in [0.2, 0.25) is 0 Å². The van der Waals surface area contributed by atoms with E-state index in [2.05, 4.69) is 15.6 Å². The molecule has 0 saturated carbocycles. The number of thiazole rings is 1. The maximum atomic E-state index is 12.6. The van der Waals surface area contributed by atoms with Gasteiger partial charge < -0.3 is 25.2 Å². The van der Waals surface area contributed by atoms with Gasteiger partial charge in [0.1, 0.15) is 12.2 Å². The zero-order valence-corrected chi connectivity index (χ0v) is 22.2. The van der Waals surface area contributed by atoms with Gasteiger partial charge in [0.25, 0.3) is 0 Å². The molecule has 0 fully saturated rings. The number of hydrogen-bond donors (Lipinski definition) is 3. The lowest BCUT2D eigenvalue weighted by molar-refractivity contribution is 0.0463. The number of aromatic nitrogens is 1. The fourth-order valence-corrected chi connectivity index (χ4v) is 4.32. The molecule has 0 aliphatic heterocycles. The van der Waals surface area contributed by atoms with Crippen molar-refractivity contribution in [3.63, 3.8) is 0 Å². The molecule has 0 saturated heterocycles. The van der Waals surface area contributed by atoms with Crippen molar-refractivity contribution >= 4 is 23.5 Å². The zero-order valence-electron chi connectivity index (χ0n) is 21.4. The number of nitrogens with one attached hydrogen (secondary N) is 2. The zero-order chi connectivity index (χ0) is 26.7. The predicted octanol–water partition coefficient (Wildman–Crippen LogP) is 4.87. The van der Waals surface area contributed by atoms with Gasteiger partial charge >= 0.3 is 12.2 Å². The Morgan fingerprint density at radius 3 is 2.14 bits per heavy atom. The number of carbonyl (C=O) groups is 2. The molecule has 2 amide bonds. The van der Waals surface area contributed by atoms with E-state index >= 15 is 0 Å². The Morgan fingerprint density at radius 1 is 0.946 bits per heavy atom. The molecule has 0 bridgehead atoms. The molecule has 0 spiro atoms. The molecular weight excluding hydrogens is 490 g/mol. The van der Waals surface area contributed by atoms with Crippen molar-refractivity contribution < 1.29 is 24.2 Å². The van der Waals surface area contributed by atoms with E-state index in [0.29, 0.717) is 12.8 Å². The highest BCUT2D eigenvalue weighted by Gasteiger charge is 2.28. The van der Waals surface area contributed by atoms with Crippen LogP contribution in [0.4, 0.5) is 9.59 Å². The number of nitrogens with zero attached hydrogens (tertiary/aromatic N) is 1. The topological polar surface area (TPSA) is 110 Å². The summed E-state index contributed by atoms with van der Waals surface area (Å²) in [5.41, 5.74) is 2.98. The maximum absolute atomic E-state index is 12.6. The molecule has 3 rings (SSSR count). The van der Waals surface area contributed by atoms with Crippen LogP contribution < -0.4 is 10.6 Å². The Bertz CT molecular complexity index is 1090. The van der Waals surface area contributed by atoms with Crippen LogP contribution in [0.5, 0.6) is 0 Å². The highest BCUT2D eigenvalue weighted by Crippen LogP contribution is 2.16. The van der Waals surface area contributed by atoms with Crippen LogP contribution in [0.15, 0.2) is 72.4 Å². The van der Waals surface area contributed by atoms with Crippen molar-refractivity contribution in [3.05, 3.63) is 88.4 Å². The van der Waals surface area contributed by atoms with Crippen LogP contribution in [0.3, 0.4) is 0 Å². The summed E-state index contributed by atoms with van der Waals surface area (Å²) < 4.78 is 10.8. The molecule has 0 radical (unpaired) electrons. The van der Waals surface area contributed by atoms with Crippen molar-refractivity contribution in [2.24, 2.45) is 0 Å². The van der Waals surface area contributed by atoms with E-state index in [4.69, 9.17) is 9.47 Å². The third kappa shape index (κ3) is 10.6. The number of amides is 2. The number of carbonyl (C=O) groups excluding carboxylic acids is 2. The van der Waals surface area contributed by atoms with Crippen LogP contribution in [0, 0.1) is 0 Å². The van der Waals surface area contributed by atoms with Gasteiger partial charge in [0.2, 0.25) is 0 Å². The lowest BCUT2D eigenvalue weighted by Crippen LogP contribution is -2.49. The largest absolute Gasteiger partial charge is 0.444 e. The molecule has 1 aromatic heterocycles. The molecule has 0 aliphatic carbocycles. The number of ether oxygens (including phenoxy) is 2. The lowest BCUT2D eigenvalue weighted by atomic mass is 9.94. The molecule has 3 aromatic rings. The first-order valence-corrected chi connectivity index (χ1v) is 13.1. The average Bonchev–Trinajstić information content (AvgIpc) is 3.36. The van der Waals surface area contributed by atoms with Gasteiger partial charge in [-0.15, -0.1) is 11.3 Å². The minimum atomic E-state index is -0.972. The smallest absolute Gasteiger partial charge is 0.407 e. The quantitative estimate of drug-likeness (QED) is 0.330. The summed E-state index contributed by atoms with van der Waals surface area (Å²) in [5, 5.41) is 17.0. The molecular formula is C28H35N3O5S. The summed E-state index contributed by atoms with van der Waals surface area (Å²) in [4.78, 5) is 30.0. The van der Waals surface area contributed by atoms with E-state index < -0.39 is 36.0 Å². The molecule has 2 aromatic carbocycles. The van der Waals surface area contributed by atoms with Gasteiger partial charge in [0, 0.05) is 12.2 Å². The van der Waals surface area contributed by atoms with Gasteiger partial charge in [0.05, 0.1) is 22.5 Å². The van der Waals surface area contributed by atoms with E-state index in [-0.39, 0.29) is 13.0 Å². The van der Waals surface area contributed by atoms with E-state index in [9.17, 15) is 14.7 Å². The third-order valence-corrected chi connectivity index (χ3v) is 6.22. The summed E-state index contributed by atoms with van der Waals surface area (Å²) in [6, 6.07) is 18.2. The van der Waals surface area contributed by atoms with Gasteiger partial charge in [0.15, 0.2) is 0 Å². The van der Waals surface area contributed by atoms with E-state index in [1.54, 1.807) is 32.5 Å². The Kier molecular flexibility index (Phi) is 10.5. The Hall–Kier alpha value is -3.43. The minimum absolute atomic E-state index is 0.0987. The van der Waals surface area contributed by atoms with Crippen molar-refractivity contribution in [1.82, 2.24) is 15.6 Å². The van der Waals surface area contributed by atoms with Crippen molar-refractivity contribution in [1.29, 1.82) is 0 Å². The van der Waals surface area contributed by atoms with Gasteiger partial charge in [-0.2, -0.15) is 0 Å². The monoisotopic (exact) mass is 525 g/mol. The Balaban J connectivity index is 1.72. The number of rotatable bonds is 11.